The average Bonchev–Trinajstić information content (AvgIpc) is 2.60. The summed E-state index contributed by atoms with van der Waals surface area (Å²) in [5.41, 5.74) is 1.14. The molecule has 0 unspecified atom stereocenters. The SMILES string of the molecule is CCCCCCCCCCCCO[n+]1cccc2ccccc21. The van der Waals surface area contributed by atoms with Gasteiger partial charge in [0.25, 0.3) is 5.52 Å². The number of benzene rings is 1. The Hall–Kier alpha value is -1.57. The zero-order valence-corrected chi connectivity index (χ0v) is 14.7. The van der Waals surface area contributed by atoms with E-state index < -0.39 is 0 Å². The van der Waals surface area contributed by atoms with E-state index in [0.717, 1.165) is 18.5 Å². The van der Waals surface area contributed by atoms with Gasteiger partial charge >= 0.3 is 0 Å². The minimum absolute atomic E-state index is 0.801. The van der Waals surface area contributed by atoms with Crippen molar-refractivity contribution in [2.24, 2.45) is 0 Å². The molecule has 23 heavy (non-hydrogen) atoms. The molecular weight excluding hydrogens is 282 g/mol. The summed E-state index contributed by atoms with van der Waals surface area (Å²) in [5, 5.41) is 1.22. The molecule has 2 rings (SSSR count). The van der Waals surface area contributed by atoms with E-state index in [-0.39, 0.29) is 0 Å². The Bertz CT molecular complexity index is 547. The molecule has 126 valence electrons. The van der Waals surface area contributed by atoms with Gasteiger partial charge in [-0.05, 0) is 25.0 Å². The number of unbranched alkanes of at least 4 members (excludes halogenated alkanes) is 9. The Morgan fingerprint density at radius 2 is 1.35 bits per heavy atom. The molecule has 0 aliphatic carbocycles. The largest absolute Gasteiger partial charge is 0.271 e. The highest BCUT2D eigenvalue weighted by atomic mass is 16.7. The quantitative estimate of drug-likeness (QED) is 0.373. The third-order valence-corrected chi connectivity index (χ3v) is 4.40. The minimum atomic E-state index is 0.801. The summed E-state index contributed by atoms with van der Waals surface area (Å²) in [5.74, 6) is 0. The third kappa shape index (κ3) is 6.60. The lowest BCUT2D eigenvalue weighted by Crippen LogP contribution is -2.43. The van der Waals surface area contributed by atoms with Crippen LogP contribution in [0.2, 0.25) is 0 Å². The van der Waals surface area contributed by atoms with Crippen LogP contribution in [-0.4, -0.2) is 6.61 Å². The molecule has 2 heteroatoms. The van der Waals surface area contributed by atoms with Crippen molar-refractivity contribution in [3.05, 3.63) is 42.6 Å². The van der Waals surface area contributed by atoms with Crippen molar-refractivity contribution >= 4 is 10.9 Å². The second-order valence-corrected chi connectivity index (χ2v) is 6.41. The molecule has 0 bridgehead atoms. The summed E-state index contributed by atoms with van der Waals surface area (Å²) in [7, 11) is 0. The Balaban J connectivity index is 1.54. The summed E-state index contributed by atoms with van der Waals surface area (Å²) in [6, 6.07) is 12.5. The molecule has 1 aromatic carbocycles. The van der Waals surface area contributed by atoms with Gasteiger partial charge in [0, 0.05) is 16.9 Å². The Kier molecular flexibility index (Phi) is 8.53. The number of pyridine rings is 1. The van der Waals surface area contributed by atoms with E-state index in [9.17, 15) is 0 Å². The molecule has 0 N–H and O–H groups in total. The highest BCUT2D eigenvalue weighted by Gasteiger charge is 2.08. The van der Waals surface area contributed by atoms with Crippen molar-refractivity contribution in [3.8, 4) is 0 Å². The zero-order valence-electron chi connectivity index (χ0n) is 14.7. The van der Waals surface area contributed by atoms with Crippen LogP contribution in [0.3, 0.4) is 0 Å². The Morgan fingerprint density at radius 1 is 0.739 bits per heavy atom. The number of hydrogen-bond acceptors (Lipinski definition) is 1. The summed E-state index contributed by atoms with van der Waals surface area (Å²) < 4.78 is 1.91. The van der Waals surface area contributed by atoms with Gasteiger partial charge in [0.15, 0.2) is 6.61 Å². The van der Waals surface area contributed by atoms with Gasteiger partial charge in [0.1, 0.15) is 0 Å². The fourth-order valence-corrected chi connectivity index (χ4v) is 3.00. The maximum atomic E-state index is 5.91. The van der Waals surface area contributed by atoms with Gasteiger partial charge in [-0.15, -0.1) is 0 Å². The molecule has 0 atom stereocenters. The van der Waals surface area contributed by atoms with Crippen LogP contribution in [0, 0.1) is 0 Å². The number of aromatic nitrogens is 1. The van der Waals surface area contributed by atoms with Gasteiger partial charge in [-0.3, -0.25) is 4.84 Å². The topological polar surface area (TPSA) is 13.1 Å². The maximum absolute atomic E-state index is 5.91. The first-order valence-corrected chi connectivity index (χ1v) is 9.44. The van der Waals surface area contributed by atoms with Crippen molar-refractivity contribution in [2.75, 3.05) is 6.61 Å². The van der Waals surface area contributed by atoms with Crippen LogP contribution in [0.25, 0.3) is 10.9 Å². The second-order valence-electron chi connectivity index (χ2n) is 6.41. The highest BCUT2D eigenvalue weighted by Crippen LogP contribution is 2.10. The lowest BCUT2D eigenvalue weighted by atomic mass is 10.1. The lowest BCUT2D eigenvalue weighted by Gasteiger charge is -2.03. The molecule has 0 spiro atoms. The number of fused-ring (bicyclic) bond motifs is 1. The van der Waals surface area contributed by atoms with Gasteiger partial charge in [0.2, 0.25) is 6.20 Å². The predicted octanol–water partition coefficient (Wildman–Crippen LogP) is 5.48. The van der Waals surface area contributed by atoms with Gasteiger partial charge in [-0.1, -0.05) is 70.4 Å². The molecule has 1 heterocycles. The monoisotopic (exact) mass is 314 g/mol. The van der Waals surface area contributed by atoms with E-state index in [1.807, 2.05) is 17.0 Å². The molecule has 0 amide bonds. The summed E-state index contributed by atoms with van der Waals surface area (Å²) in [6.45, 7) is 3.08. The Morgan fingerprint density at radius 3 is 2.09 bits per heavy atom. The van der Waals surface area contributed by atoms with Crippen LogP contribution in [-0.2, 0) is 0 Å². The normalized spacial score (nSPS) is 11.0. The van der Waals surface area contributed by atoms with Crippen LogP contribution < -0.4 is 9.57 Å². The van der Waals surface area contributed by atoms with E-state index in [1.165, 1.54) is 63.2 Å². The maximum Gasteiger partial charge on any atom is 0.264 e. The number of para-hydroxylation sites is 1. The molecule has 2 aromatic rings. The second kappa shape index (κ2) is 11.0. The molecule has 0 saturated carbocycles. The lowest BCUT2D eigenvalue weighted by molar-refractivity contribution is -0.871. The van der Waals surface area contributed by atoms with E-state index >= 15 is 0 Å². The first-order valence-electron chi connectivity index (χ1n) is 9.44. The van der Waals surface area contributed by atoms with Crippen molar-refractivity contribution < 1.29 is 9.57 Å². The van der Waals surface area contributed by atoms with Crippen molar-refractivity contribution in [1.82, 2.24) is 0 Å². The van der Waals surface area contributed by atoms with Gasteiger partial charge < -0.3 is 0 Å². The van der Waals surface area contributed by atoms with E-state index in [0.29, 0.717) is 0 Å². The van der Waals surface area contributed by atoms with Gasteiger partial charge in [0.05, 0.1) is 5.39 Å². The van der Waals surface area contributed by atoms with Crippen molar-refractivity contribution in [3.63, 3.8) is 0 Å². The summed E-state index contributed by atoms with van der Waals surface area (Å²) in [6.07, 6.45) is 15.6. The fourth-order valence-electron chi connectivity index (χ4n) is 3.00. The molecule has 0 aliphatic rings. The Labute approximate surface area is 141 Å². The first kappa shape index (κ1) is 17.8. The van der Waals surface area contributed by atoms with E-state index in [1.54, 1.807) is 0 Å². The van der Waals surface area contributed by atoms with Gasteiger partial charge in [-0.25, -0.2) is 0 Å². The first-order chi connectivity index (χ1) is 11.4. The van der Waals surface area contributed by atoms with Crippen LogP contribution in [0.5, 0.6) is 0 Å². The van der Waals surface area contributed by atoms with Crippen molar-refractivity contribution in [2.45, 2.75) is 71.1 Å². The van der Waals surface area contributed by atoms with Crippen molar-refractivity contribution in [1.29, 1.82) is 0 Å². The average molecular weight is 314 g/mol. The number of rotatable bonds is 12. The third-order valence-electron chi connectivity index (χ3n) is 4.40. The van der Waals surface area contributed by atoms with Crippen LogP contribution in [0.15, 0.2) is 42.6 Å². The number of nitrogens with zero attached hydrogens (tertiary/aromatic N) is 1. The number of hydrogen-bond donors (Lipinski definition) is 0. The van der Waals surface area contributed by atoms with Crippen LogP contribution in [0.4, 0.5) is 0 Å². The zero-order chi connectivity index (χ0) is 16.2. The summed E-state index contributed by atoms with van der Waals surface area (Å²) in [4.78, 5) is 5.91. The standard InChI is InChI=1S/C21H32NO/c1-2-3-4-5-6-7-8-9-10-13-19-23-22-18-14-16-20-15-11-12-17-21(20)22/h11-12,14-18H,2-10,13,19H2,1H3/q+1. The fraction of sp³-hybridized carbons (Fsp3) is 0.571. The minimum Gasteiger partial charge on any atom is -0.271 e. The van der Waals surface area contributed by atoms with Crippen LogP contribution >= 0.6 is 0 Å². The molecule has 1 aromatic heterocycles. The molecule has 0 radical (unpaired) electrons. The van der Waals surface area contributed by atoms with E-state index in [4.69, 9.17) is 4.84 Å². The predicted molar refractivity (Wildman–Crippen MR) is 97.4 cm³/mol. The highest BCUT2D eigenvalue weighted by molar-refractivity contribution is 5.74. The molecule has 0 aliphatic heterocycles. The van der Waals surface area contributed by atoms with E-state index in [2.05, 4.69) is 37.3 Å². The van der Waals surface area contributed by atoms with Crippen LogP contribution in [0.1, 0.15) is 71.1 Å². The molecule has 0 fully saturated rings. The van der Waals surface area contributed by atoms with Gasteiger partial charge in [-0.2, -0.15) is 0 Å². The smallest absolute Gasteiger partial charge is 0.264 e. The molecular formula is C21H32NO+. The molecule has 2 nitrogen and oxygen atoms in total. The summed E-state index contributed by atoms with van der Waals surface area (Å²) >= 11 is 0. The molecule has 0 saturated heterocycles.